The maximum Gasteiger partial charge on any atom is 0.216 e. The van der Waals surface area contributed by atoms with Crippen LogP contribution in [0.1, 0.15) is 38.8 Å². The van der Waals surface area contributed by atoms with Gasteiger partial charge in [0.2, 0.25) is 5.71 Å². The van der Waals surface area contributed by atoms with Crippen LogP contribution in [0.2, 0.25) is 0 Å². The van der Waals surface area contributed by atoms with Gasteiger partial charge in [-0.3, -0.25) is 0 Å². The van der Waals surface area contributed by atoms with E-state index < -0.39 is 27.4 Å². The van der Waals surface area contributed by atoms with Crippen LogP contribution in [-0.2, 0) is 20.1 Å². The monoisotopic (exact) mass is 862 g/mol. The van der Waals surface area contributed by atoms with Crippen LogP contribution < -0.4 is 0 Å². The third-order valence-corrected chi connectivity index (χ3v) is 8.59. The molecule has 1 radical (unpaired) electrons. The van der Waals surface area contributed by atoms with Gasteiger partial charge in [0.25, 0.3) is 0 Å². The first kappa shape index (κ1) is 22.9. The van der Waals surface area contributed by atoms with Crippen molar-refractivity contribution in [3.05, 3.63) is 174 Å². The fraction of sp³-hybridized carbons (Fsp3) is 0.0851. The largest absolute Gasteiger partial charge is 0.486 e. The van der Waals surface area contributed by atoms with E-state index in [0.717, 1.165) is 27.3 Å². The van der Waals surface area contributed by atoms with Crippen molar-refractivity contribution in [2.45, 2.75) is 27.4 Å². The fourth-order valence-electron chi connectivity index (χ4n) is 6.05. The Balaban J connectivity index is 0.000000201. The number of hydrogen-bond donors (Lipinski definition) is 0. The van der Waals surface area contributed by atoms with Crippen molar-refractivity contribution >= 4 is 32.8 Å². The molecular weight excluding hydrogens is 815 g/mol. The smallest absolute Gasteiger partial charge is 0.216 e. The van der Waals surface area contributed by atoms with Gasteiger partial charge in [-0.25, -0.2) is 4.98 Å². The second kappa shape index (κ2) is 14.9. The molecule has 0 N–H and O–H groups in total. The van der Waals surface area contributed by atoms with Crippen LogP contribution >= 0.6 is 0 Å². The van der Waals surface area contributed by atoms with E-state index in [1.807, 2.05) is 78.9 Å². The second-order valence-electron chi connectivity index (χ2n) is 11.9. The predicted octanol–water partition coefficient (Wildman–Crippen LogP) is 12.1. The van der Waals surface area contributed by atoms with Crippen molar-refractivity contribution in [1.29, 1.82) is 0 Å². The van der Waals surface area contributed by atoms with Crippen molar-refractivity contribution in [2.24, 2.45) is 0 Å². The van der Waals surface area contributed by atoms with E-state index in [0.29, 0.717) is 44.6 Å². The molecule has 0 saturated carbocycles. The van der Waals surface area contributed by atoms with Crippen molar-refractivity contribution < 1.29 is 41.0 Å². The van der Waals surface area contributed by atoms with E-state index in [-0.39, 0.29) is 48.2 Å². The first-order chi connectivity index (χ1) is 29.8. The molecule has 4 nitrogen and oxygen atoms in total. The summed E-state index contributed by atoms with van der Waals surface area (Å²) in [4.78, 5) is 12.9. The van der Waals surface area contributed by atoms with Crippen LogP contribution in [0.3, 0.4) is 0 Å². The molecule has 9 rings (SSSR count). The van der Waals surface area contributed by atoms with Gasteiger partial charge < -0.3 is 14.4 Å². The molecular formula is C47H35IrN3O-2. The zero-order valence-electron chi connectivity index (χ0n) is 39.4. The van der Waals surface area contributed by atoms with Crippen molar-refractivity contribution in [3.8, 4) is 44.8 Å². The summed E-state index contributed by atoms with van der Waals surface area (Å²) in [5, 5.41) is 3.46. The summed E-state index contributed by atoms with van der Waals surface area (Å²) in [7, 11) is 0. The Labute approximate surface area is 334 Å². The van der Waals surface area contributed by atoms with E-state index in [9.17, 15) is 0 Å². The maximum absolute atomic E-state index is 8.09. The number of benzene rings is 5. The Hall–Kier alpha value is -5.74. The number of rotatable bonds is 4. The zero-order valence-corrected chi connectivity index (χ0v) is 29.8. The summed E-state index contributed by atoms with van der Waals surface area (Å²) in [5.41, 5.74) is 5.95. The standard InChI is InChI=1S/C28H19N2O.C19H16N.Ir/c1-17-16-29-26(15-25(17)21-12-11-19-6-3-4-7-20(19)14-21)24-9-5-8-22-23-13-10-18(2)30-28(23)31-27(22)24;1-14-8-11-19(20-13-14)17-10-9-15(2)18(12-17)16-6-4-3-5-7-16;/h3-8,10-16H,1-2H3;3-9,11-13H,1-2H3;/q2*-1;/i2*1D3,2D3;. The first-order valence-electron chi connectivity index (χ1n) is 22.1. The number of pyridine rings is 3. The minimum absolute atomic E-state index is 0. The van der Waals surface area contributed by atoms with Crippen molar-refractivity contribution in [3.63, 3.8) is 0 Å². The quantitative estimate of drug-likeness (QED) is 0.165. The fourth-order valence-corrected chi connectivity index (χ4v) is 6.05. The van der Waals surface area contributed by atoms with Gasteiger partial charge in [-0.1, -0.05) is 108 Å². The third-order valence-electron chi connectivity index (χ3n) is 8.59. The van der Waals surface area contributed by atoms with E-state index in [1.165, 1.54) is 30.6 Å². The Morgan fingerprint density at radius 1 is 0.615 bits per heavy atom. The van der Waals surface area contributed by atoms with Gasteiger partial charge >= 0.3 is 0 Å². The summed E-state index contributed by atoms with van der Waals surface area (Å²) in [6.45, 7) is -9.20. The summed E-state index contributed by atoms with van der Waals surface area (Å²) in [6, 6.07) is 43.9. The maximum atomic E-state index is 8.09. The van der Waals surface area contributed by atoms with Gasteiger partial charge in [-0.15, -0.1) is 47.5 Å². The van der Waals surface area contributed by atoms with E-state index >= 15 is 0 Å². The van der Waals surface area contributed by atoms with Crippen molar-refractivity contribution in [1.82, 2.24) is 15.0 Å². The Morgan fingerprint density at radius 2 is 1.44 bits per heavy atom. The number of hydrogen-bond acceptors (Lipinski definition) is 4. The van der Waals surface area contributed by atoms with Crippen LogP contribution in [0.5, 0.6) is 0 Å². The van der Waals surface area contributed by atoms with Crippen LogP contribution in [0.4, 0.5) is 0 Å². The van der Waals surface area contributed by atoms with E-state index in [1.54, 1.807) is 30.3 Å². The van der Waals surface area contributed by atoms with E-state index in [2.05, 4.69) is 27.1 Å². The minimum Gasteiger partial charge on any atom is -0.486 e. The molecule has 0 aliphatic rings. The molecule has 52 heavy (non-hydrogen) atoms. The summed E-state index contributed by atoms with van der Waals surface area (Å²) < 4.78 is 98.8. The van der Waals surface area contributed by atoms with Crippen LogP contribution in [-0.4, -0.2) is 15.0 Å². The first-order valence-corrected chi connectivity index (χ1v) is 16.1. The molecule has 4 heterocycles. The molecule has 0 spiro atoms. The van der Waals surface area contributed by atoms with Gasteiger partial charge in [0.05, 0.1) is 5.58 Å². The molecule has 9 aromatic rings. The van der Waals surface area contributed by atoms with E-state index in [4.69, 9.17) is 20.9 Å². The minimum atomic E-state index is -2.36. The molecule has 0 unspecified atom stereocenters. The zero-order chi connectivity index (χ0) is 44.9. The Bertz CT molecular complexity index is 3120. The molecule has 4 aromatic heterocycles. The Morgan fingerprint density at radius 3 is 2.25 bits per heavy atom. The van der Waals surface area contributed by atoms with Crippen LogP contribution in [0.25, 0.3) is 77.6 Å². The summed E-state index contributed by atoms with van der Waals surface area (Å²) in [5.74, 6) is 0. The average Bonchev–Trinajstić information content (AvgIpc) is 3.64. The van der Waals surface area contributed by atoms with Gasteiger partial charge in [0.15, 0.2) is 0 Å². The van der Waals surface area contributed by atoms with Crippen molar-refractivity contribution in [2.75, 3.05) is 0 Å². The van der Waals surface area contributed by atoms with Gasteiger partial charge in [-0.2, -0.15) is 0 Å². The predicted molar refractivity (Wildman–Crippen MR) is 209 cm³/mol. The molecule has 0 fully saturated rings. The van der Waals surface area contributed by atoms with Gasteiger partial charge in [0.1, 0.15) is 0 Å². The second-order valence-corrected chi connectivity index (χ2v) is 11.9. The molecule has 0 amide bonds. The molecule has 0 atom stereocenters. The van der Waals surface area contributed by atoms with Gasteiger partial charge in [0, 0.05) is 60.0 Å². The summed E-state index contributed by atoms with van der Waals surface area (Å²) in [6.07, 6.45) is 2.70. The van der Waals surface area contributed by atoms with Gasteiger partial charge in [-0.05, 0) is 88.7 Å². The average molecular weight is 862 g/mol. The van der Waals surface area contributed by atoms with Crippen LogP contribution in [0, 0.1) is 39.5 Å². The van der Waals surface area contributed by atoms with Crippen LogP contribution in [0.15, 0.2) is 144 Å². The molecule has 0 aliphatic heterocycles. The molecule has 0 bridgehead atoms. The molecule has 0 saturated heterocycles. The third kappa shape index (κ3) is 6.94. The number of furan rings is 1. The summed E-state index contributed by atoms with van der Waals surface area (Å²) >= 11 is 0. The molecule has 5 heteroatoms. The topological polar surface area (TPSA) is 51.8 Å². The normalized spacial score (nSPS) is 15.3. The number of fused-ring (bicyclic) bond motifs is 4. The number of nitrogens with zero attached hydrogens (tertiary/aromatic N) is 3. The number of aryl methyl sites for hydroxylation is 4. The molecule has 0 aliphatic carbocycles. The SMILES string of the molecule is [2H]C([2H])([2H])c1ccc(-c2[c-]cc(C([2H])([2H])[2H])c(-c3ccccc3)c2)nc1.[2H]C([2H])([2H])c1ccc2c(n1)oc1c(-c3cc(-c4ccc5ccccc5c4)c(C([2H])([2H])[2H])cn3)[c-]ccc12.[Ir]. The molecule has 5 aromatic carbocycles. The Kier molecular flexibility index (Phi) is 6.55. The number of aromatic nitrogens is 3. The molecule has 255 valence electrons.